The second kappa shape index (κ2) is 5.26. The molecule has 1 saturated heterocycles. The Morgan fingerprint density at radius 1 is 1.28 bits per heavy atom. The fraction of sp³-hybridized carbons (Fsp3) is 0.500. The number of sulfonamides is 1. The van der Waals surface area contributed by atoms with Crippen LogP contribution >= 0.6 is 0 Å². The van der Waals surface area contributed by atoms with Gasteiger partial charge < -0.3 is 10.6 Å². The number of anilines is 1. The van der Waals surface area contributed by atoms with Crippen LogP contribution in [0.25, 0.3) is 0 Å². The van der Waals surface area contributed by atoms with Crippen molar-refractivity contribution in [1.29, 1.82) is 0 Å². The number of hydrogen-bond acceptors (Lipinski definition) is 4. The molecule has 1 fully saturated rings. The van der Waals surface area contributed by atoms with Gasteiger partial charge in [-0.2, -0.15) is 0 Å². The maximum Gasteiger partial charge on any atom is 0.240 e. The fourth-order valence-electron chi connectivity index (χ4n) is 2.50. The lowest BCUT2D eigenvalue weighted by Crippen LogP contribution is -2.44. The Bertz CT molecular complexity index is 516. The molecule has 1 aromatic rings. The van der Waals surface area contributed by atoms with Gasteiger partial charge in [-0.15, -0.1) is 0 Å². The molecule has 0 aromatic heterocycles. The standard InChI is InChI=1S/C12H19N3O2S/c13-9-10-5-3-4-8-15(10)11-6-1-2-7-12(11)18(14,16)17/h1-2,6-7,10H,3-5,8-9,13H2,(H2,14,16,17). The topological polar surface area (TPSA) is 89.4 Å². The van der Waals surface area contributed by atoms with Crippen molar-refractivity contribution >= 4 is 15.7 Å². The van der Waals surface area contributed by atoms with Gasteiger partial charge in [-0.3, -0.25) is 0 Å². The third kappa shape index (κ3) is 2.66. The van der Waals surface area contributed by atoms with Crippen LogP contribution in [-0.2, 0) is 10.0 Å². The Kier molecular flexibility index (Phi) is 3.89. The Morgan fingerprint density at radius 3 is 2.67 bits per heavy atom. The van der Waals surface area contributed by atoms with Gasteiger partial charge in [0.05, 0.1) is 5.69 Å². The van der Waals surface area contributed by atoms with Gasteiger partial charge >= 0.3 is 0 Å². The van der Waals surface area contributed by atoms with Crippen molar-refractivity contribution < 1.29 is 8.42 Å². The minimum absolute atomic E-state index is 0.186. The van der Waals surface area contributed by atoms with Crippen LogP contribution in [0.5, 0.6) is 0 Å². The molecule has 1 atom stereocenters. The molecule has 2 rings (SSSR count). The molecule has 100 valence electrons. The fourth-order valence-corrected chi connectivity index (χ4v) is 3.24. The Hall–Kier alpha value is -1.11. The van der Waals surface area contributed by atoms with E-state index in [0.29, 0.717) is 12.2 Å². The normalized spacial score (nSPS) is 21.0. The van der Waals surface area contributed by atoms with Crippen molar-refractivity contribution in [3.8, 4) is 0 Å². The van der Waals surface area contributed by atoms with E-state index in [0.717, 1.165) is 25.8 Å². The molecule has 0 radical (unpaired) electrons. The summed E-state index contributed by atoms with van der Waals surface area (Å²) in [6, 6.07) is 7.05. The van der Waals surface area contributed by atoms with Crippen LogP contribution in [0.4, 0.5) is 5.69 Å². The molecular formula is C12H19N3O2S. The first kappa shape index (κ1) is 13.3. The summed E-state index contributed by atoms with van der Waals surface area (Å²) in [4.78, 5) is 2.26. The van der Waals surface area contributed by atoms with E-state index in [9.17, 15) is 8.42 Å². The number of nitrogens with two attached hydrogens (primary N) is 2. The third-order valence-electron chi connectivity index (χ3n) is 3.38. The lowest BCUT2D eigenvalue weighted by atomic mass is 10.0. The molecule has 4 N–H and O–H groups in total. The van der Waals surface area contributed by atoms with Crippen molar-refractivity contribution in [3.63, 3.8) is 0 Å². The monoisotopic (exact) mass is 269 g/mol. The maximum atomic E-state index is 11.6. The maximum absolute atomic E-state index is 11.6. The molecule has 0 saturated carbocycles. The lowest BCUT2D eigenvalue weighted by Gasteiger charge is -2.37. The molecular weight excluding hydrogens is 250 g/mol. The van der Waals surface area contributed by atoms with E-state index < -0.39 is 10.0 Å². The number of benzene rings is 1. The highest BCUT2D eigenvalue weighted by Crippen LogP contribution is 2.29. The summed E-state index contributed by atoms with van der Waals surface area (Å²) >= 11 is 0. The van der Waals surface area contributed by atoms with E-state index in [2.05, 4.69) is 4.90 Å². The number of para-hydroxylation sites is 1. The third-order valence-corrected chi connectivity index (χ3v) is 4.34. The molecule has 1 heterocycles. The minimum atomic E-state index is -3.70. The smallest absolute Gasteiger partial charge is 0.240 e. The van der Waals surface area contributed by atoms with E-state index in [1.165, 1.54) is 0 Å². The van der Waals surface area contributed by atoms with Crippen molar-refractivity contribution in [1.82, 2.24) is 0 Å². The summed E-state index contributed by atoms with van der Waals surface area (Å²) < 4.78 is 23.2. The molecule has 0 spiro atoms. The molecule has 1 unspecified atom stereocenters. The summed E-state index contributed by atoms with van der Waals surface area (Å²) in [5.41, 5.74) is 6.44. The predicted octanol–water partition coefficient (Wildman–Crippen LogP) is 0.652. The lowest BCUT2D eigenvalue weighted by molar-refractivity contribution is 0.463. The quantitative estimate of drug-likeness (QED) is 0.843. The zero-order valence-corrected chi connectivity index (χ0v) is 11.1. The molecule has 1 aliphatic heterocycles. The molecule has 0 bridgehead atoms. The zero-order valence-electron chi connectivity index (χ0n) is 10.2. The highest BCUT2D eigenvalue weighted by atomic mass is 32.2. The van der Waals surface area contributed by atoms with Crippen LogP contribution in [-0.4, -0.2) is 27.5 Å². The van der Waals surface area contributed by atoms with E-state index in [-0.39, 0.29) is 10.9 Å². The number of nitrogens with zero attached hydrogens (tertiary/aromatic N) is 1. The van der Waals surface area contributed by atoms with Gasteiger partial charge in [0.2, 0.25) is 10.0 Å². The van der Waals surface area contributed by atoms with Crippen molar-refractivity contribution in [2.75, 3.05) is 18.0 Å². The Balaban J connectivity index is 2.43. The van der Waals surface area contributed by atoms with Crippen LogP contribution < -0.4 is 15.8 Å². The second-order valence-corrected chi connectivity index (χ2v) is 6.12. The summed E-state index contributed by atoms with van der Waals surface area (Å²) in [5, 5.41) is 5.27. The average molecular weight is 269 g/mol. The summed E-state index contributed by atoms with van der Waals surface area (Å²) in [6.07, 6.45) is 3.18. The van der Waals surface area contributed by atoms with Crippen molar-refractivity contribution in [2.45, 2.75) is 30.2 Å². The summed E-state index contributed by atoms with van der Waals surface area (Å²) in [7, 11) is -3.70. The molecule has 6 heteroatoms. The van der Waals surface area contributed by atoms with Crippen LogP contribution in [0.2, 0.25) is 0 Å². The number of primary sulfonamides is 1. The Labute approximate surface area is 108 Å². The van der Waals surface area contributed by atoms with E-state index in [4.69, 9.17) is 10.9 Å². The van der Waals surface area contributed by atoms with E-state index in [1.807, 2.05) is 6.07 Å². The predicted molar refractivity (Wildman–Crippen MR) is 71.9 cm³/mol. The second-order valence-electron chi connectivity index (χ2n) is 4.59. The van der Waals surface area contributed by atoms with Crippen LogP contribution in [0.15, 0.2) is 29.2 Å². The number of rotatable bonds is 3. The first-order chi connectivity index (χ1) is 8.54. The van der Waals surface area contributed by atoms with E-state index in [1.54, 1.807) is 18.2 Å². The van der Waals surface area contributed by atoms with Gasteiger partial charge in [-0.1, -0.05) is 12.1 Å². The van der Waals surface area contributed by atoms with Crippen LogP contribution in [0.3, 0.4) is 0 Å². The number of piperidine rings is 1. The van der Waals surface area contributed by atoms with Crippen LogP contribution in [0, 0.1) is 0 Å². The van der Waals surface area contributed by atoms with Gasteiger partial charge in [0, 0.05) is 19.1 Å². The molecule has 0 amide bonds. The molecule has 0 aliphatic carbocycles. The minimum Gasteiger partial charge on any atom is -0.366 e. The Morgan fingerprint density at radius 2 is 2.00 bits per heavy atom. The highest BCUT2D eigenvalue weighted by molar-refractivity contribution is 7.89. The van der Waals surface area contributed by atoms with E-state index >= 15 is 0 Å². The first-order valence-electron chi connectivity index (χ1n) is 6.12. The molecule has 18 heavy (non-hydrogen) atoms. The summed E-state index contributed by atoms with van der Waals surface area (Å²) in [6.45, 7) is 1.35. The largest absolute Gasteiger partial charge is 0.366 e. The average Bonchev–Trinajstić information content (AvgIpc) is 2.37. The van der Waals surface area contributed by atoms with Crippen LogP contribution in [0.1, 0.15) is 19.3 Å². The van der Waals surface area contributed by atoms with Gasteiger partial charge in [0.25, 0.3) is 0 Å². The SMILES string of the molecule is NCC1CCCCN1c1ccccc1S(N)(=O)=O. The van der Waals surface area contributed by atoms with Gasteiger partial charge in [-0.05, 0) is 31.4 Å². The molecule has 1 aromatic carbocycles. The highest BCUT2D eigenvalue weighted by Gasteiger charge is 2.25. The molecule has 1 aliphatic rings. The van der Waals surface area contributed by atoms with Crippen molar-refractivity contribution in [3.05, 3.63) is 24.3 Å². The van der Waals surface area contributed by atoms with Gasteiger partial charge in [-0.25, -0.2) is 13.6 Å². The molecule has 5 nitrogen and oxygen atoms in total. The van der Waals surface area contributed by atoms with Crippen molar-refractivity contribution in [2.24, 2.45) is 10.9 Å². The zero-order chi connectivity index (χ0) is 13.2. The number of hydrogen-bond donors (Lipinski definition) is 2. The van der Waals surface area contributed by atoms with Gasteiger partial charge in [0.15, 0.2) is 0 Å². The van der Waals surface area contributed by atoms with Gasteiger partial charge in [0.1, 0.15) is 4.90 Å². The summed E-state index contributed by atoms with van der Waals surface area (Å²) in [5.74, 6) is 0. The first-order valence-corrected chi connectivity index (χ1v) is 7.67.